The van der Waals surface area contributed by atoms with Crippen molar-refractivity contribution in [2.75, 3.05) is 11.9 Å². The predicted molar refractivity (Wildman–Crippen MR) is 89.8 cm³/mol. The second-order valence-electron chi connectivity index (χ2n) is 4.82. The van der Waals surface area contributed by atoms with Crippen molar-refractivity contribution in [1.29, 1.82) is 0 Å². The first-order chi connectivity index (χ1) is 10.8. The fourth-order valence-corrected chi connectivity index (χ4v) is 2.90. The highest BCUT2D eigenvalue weighted by Crippen LogP contribution is 2.26. The molecule has 1 N–H and O–H groups in total. The lowest BCUT2D eigenvalue weighted by molar-refractivity contribution is 0.102. The third kappa shape index (κ3) is 3.26. The number of carbonyl (C=O) groups is 1. The number of hydrogen-bond donors (Lipinski definition) is 1. The first-order valence-electron chi connectivity index (χ1n) is 7.16. The summed E-state index contributed by atoms with van der Waals surface area (Å²) in [4.78, 5) is 16.7. The van der Waals surface area contributed by atoms with Gasteiger partial charge in [0.1, 0.15) is 5.75 Å². The highest BCUT2D eigenvalue weighted by Gasteiger charge is 2.10. The maximum Gasteiger partial charge on any atom is 0.257 e. The molecule has 0 aliphatic heterocycles. The number of thiazole rings is 1. The van der Waals surface area contributed by atoms with Crippen molar-refractivity contribution in [3.05, 3.63) is 54.1 Å². The number of rotatable bonds is 5. The highest BCUT2D eigenvalue weighted by atomic mass is 32.1. The molecule has 0 spiro atoms. The second-order valence-corrected chi connectivity index (χ2v) is 5.85. The second kappa shape index (κ2) is 6.58. The molecule has 0 unspecified atom stereocenters. The molecule has 1 heterocycles. The molecular formula is C17H16N2O2S. The Morgan fingerprint density at radius 3 is 2.91 bits per heavy atom. The molecule has 0 saturated carbocycles. The summed E-state index contributed by atoms with van der Waals surface area (Å²) in [7, 11) is 0. The summed E-state index contributed by atoms with van der Waals surface area (Å²) in [6.07, 6.45) is 0.933. The standard InChI is InChI=1S/C17H16N2O2S/c1-2-10-21-13-7-5-6-12(11-13)16(20)19-17-18-14-8-3-4-9-15(14)22-17/h3-9,11H,2,10H2,1H3,(H,18,19,20). The molecule has 1 amide bonds. The smallest absolute Gasteiger partial charge is 0.257 e. The zero-order chi connectivity index (χ0) is 15.4. The number of nitrogens with zero attached hydrogens (tertiary/aromatic N) is 1. The van der Waals surface area contributed by atoms with Crippen LogP contribution in [0.4, 0.5) is 5.13 Å². The lowest BCUT2D eigenvalue weighted by Crippen LogP contribution is -2.11. The van der Waals surface area contributed by atoms with Crippen molar-refractivity contribution < 1.29 is 9.53 Å². The molecule has 0 fully saturated rings. The van der Waals surface area contributed by atoms with Gasteiger partial charge in [-0.05, 0) is 36.8 Å². The summed E-state index contributed by atoms with van der Waals surface area (Å²) in [6, 6.07) is 15.0. The van der Waals surface area contributed by atoms with Crippen LogP contribution in [0, 0.1) is 0 Å². The lowest BCUT2D eigenvalue weighted by atomic mass is 10.2. The van der Waals surface area contributed by atoms with Gasteiger partial charge in [0.25, 0.3) is 5.91 Å². The minimum absolute atomic E-state index is 0.180. The minimum atomic E-state index is -0.180. The van der Waals surface area contributed by atoms with Gasteiger partial charge in [-0.15, -0.1) is 0 Å². The van der Waals surface area contributed by atoms with Gasteiger partial charge in [-0.25, -0.2) is 4.98 Å². The predicted octanol–water partition coefficient (Wildman–Crippen LogP) is 4.34. The molecular weight excluding hydrogens is 296 g/mol. The van der Waals surface area contributed by atoms with Crippen molar-refractivity contribution >= 4 is 32.6 Å². The van der Waals surface area contributed by atoms with Crippen LogP contribution in [-0.4, -0.2) is 17.5 Å². The van der Waals surface area contributed by atoms with E-state index in [-0.39, 0.29) is 5.91 Å². The van der Waals surface area contributed by atoms with Crippen LogP contribution in [0.5, 0.6) is 5.75 Å². The number of hydrogen-bond acceptors (Lipinski definition) is 4. The van der Waals surface area contributed by atoms with Crippen molar-refractivity contribution in [3.63, 3.8) is 0 Å². The molecule has 0 atom stereocenters. The Bertz CT molecular complexity index is 765. The Labute approximate surface area is 132 Å². The molecule has 4 nitrogen and oxygen atoms in total. The maximum atomic E-state index is 12.3. The van der Waals surface area contributed by atoms with Crippen LogP contribution in [0.25, 0.3) is 10.2 Å². The number of anilines is 1. The molecule has 3 aromatic rings. The van der Waals surface area contributed by atoms with Crippen LogP contribution in [0.2, 0.25) is 0 Å². The van der Waals surface area contributed by atoms with E-state index in [9.17, 15) is 4.79 Å². The SMILES string of the molecule is CCCOc1cccc(C(=O)Nc2nc3ccccc3s2)c1. The summed E-state index contributed by atoms with van der Waals surface area (Å²) in [5.41, 5.74) is 1.45. The molecule has 0 bridgehead atoms. The molecule has 0 radical (unpaired) electrons. The van der Waals surface area contributed by atoms with Gasteiger partial charge < -0.3 is 4.74 Å². The molecule has 2 aromatic carbocycles. The maximum absolute atomic E-state index is 12.3. The fourth-order valence-electron chi connectivity index (χ4n) is 2.04. The van der Waals surface area contributed by atoms with E-state index >= 15 is 0 Å². The number of amides is 1. The first-order valence-corrected chi connectivity index (χ1v) is 7.97. The van der Waals surface area contributed by atoms with Gasteiger partial charge in [-0.2, -0.15) is 0 Å². The first kappa shape index (κ1) is 14.5. The van der Waals surface area contributed by atoms with E-state index in [1.165, 1.54) is 11.3 Å². The summed E-state index contributed by atoms with van der Waals surface area (Å²) >= 11 is 1.46. The van der Waals surface area contributed by atoms with E-state index in [4.69, 9.17) is 4.74 Å². The van der Waals surface area contributed by atoms with E-state index in [1.54, 1.807) is 12.1 Å². The van der Waals surface area contributed by atoms with E-state index in [1.807, 2.05) is 43.3 Å². The number of para-hydroxylation sites is 1. The average Bonchev–Trinajstić information content (AvgIpc) is 2.95. The topological polar surface area (TPSA) is 51.2 Å². The third-order valence-electron chi connectivity index (χ3n) is 3.08. The average molecular weight is 312 g/mol. The summed E-state index contributed by atoms with van der Waals surface area (Å²) in [5, 5.41) is 3.45. The monoisotopic (exact) mass is 312 g/mol. The van der Waals surface area contributed by atoms with Crippen LogP contribution in [-0.2, 0) is 0 Å². The van der Waals surface area contributed by atoms with Crippen LogP contribution >= 0.6 is 11.3 Å². The zero-order valence-electron chi connectivity index (χ0n) is 12.2. The number of carbonyl (C=O) groups excluding carboxylic acids is 1. The van der Waals surface area contributed by atoms with Crippen molar-refractivity contribution in [2.45, 2.75) is 13.3 Å². The van der Waals surface area contributed by atoms with Crippen molar-refractivity contribution in [2.24, 2.45) is 0 Å². The summed E-state index contributed by atoms with van der Waals surface area (Å²) in [6.45, 7) is 2.69. The third-order valence-corrected chi connectivity index (χ3v) is 4.04. The number of nitrogens with one attached hydrogen (secondary N) is 1. The van der Waals surface area contributed by atoms with Crippen LogP contribution in [0.15, 0.2) is 48.5 Å². The molecule has 5 heteroatoms. The summed E-state index contributed by atoms with van der Waals surface area (Å²) in [5.74, 6) is 0.528. The number of ether oxygens (including phenoxy) is 1. The van der Waals surface area contributed by atoms with Crippen molar-refractivity contribution in [1.82, 2.24) is 4.98 Å². The number of benzene rings is 2. The zero-order valence-corrected chi connectivity index (χ0v) is 13.0. The lowest BCUT2D eigenvalue weighted by Gasteiger charge is -2.06. The molecule has 112 valence electrons. The van der Waals surface area contributed by atoms with E-state index in [0.29, 0.717) is 23.1 Å². The van der Waals surface area contributed by atoms with E-state index in [2.05, 4.69) is 10.3 Å². The quantitative estimate of drug-likeness (QED) is 0.762. The van der Waals surface area contributed by atoms with Crippen LogP contribution in [0.1, 0.15) is 23.7 Å². The van der Waals surface area contributed by atoms with Gasteiger partial charge in [-0.3, -0.25) is 10.1 Å². The Hall–Kier alpha value is -2.40. The van der Waals surface area contributed by atoms with E-state index < -0.39 is 0 Å². The Morgan fingerprint density at radius 2 is 2.09 bits per heavy atom. The Morgan fingerprint density at radius 1 is 1.23 bits per heavy atom. The fraction of sp³-hybridized carbons (Fsp3) is 0.176. The van der Waals surface area contributed by atoms with Gasteiger partial charge in [0.05, 0.1) is 16.8 Å². The van der Waals surface area contributed by atoms with E-state index in [0.717, 1.165) is 16.6 Å². The number of aromatic nitrogens is 1. The normalized spacial score (nSPS) is 10.6. The van der Waals surface area contributed by atoms with Crippen molar-refractivity contribution in [3.8, 4) is 5.75 Å². The molecule has 0 aliphatic carbocycles. The Balaban J connectivity index is 1.76. The van der Waals surface area contributed by atoms with Gasteiger partial charge in [0, 0.05) is 5.56 Å². The molecule has 22 heavy (non-hydrogen) atoms. The summed E-state index contributed by atoms with van der Waals surface area (Å²) < 4.78 is 6.60. The van der Waals surface area contributed by atoms with Gasteiger partial charge in [0.2, 0.25) is 0 Å². The van der Waals surface area contributed by atoms with Gasteiger partial charge in [0.15, 0.2) is 5.13 Å². The molecule has 0 saturated heterocycles. The largest absolute Gasteiger partial charge is 0.494 e. The van der Waals surface area contributed by atoms with Crippen LogP contribution < -0.4 is 10.1 Å². The molecule has 0 aliphatic rings. The van der Waals surface area contributed by atoms with Crippen LogP contribution in [0.3, 0.4) is 0 Å². The molecule has 3 rings (SSSR count). The van der Waals surface area contributed by atoms with Gasteiger partial charge >= 0.3 is 0 Å². The molecule has 1 aromatic heterocycles. The highest BCUT2D eigenvalue weighted by molar-refractivity contribution is 7.22. The number of fused-ring (bicyclic) bond motifs is 1. The minimum Gasteiger partial charge on any atom is -0.494 e. The van der Waals surface area contributed by atoms with Gasteiger partial charge in [-0.1, -0.05) is 36.5 Å². The Kier molecular flexibility index (Phi) is 4.34.